The number of nitro benzene ring substituents is 1. The minimum absolute atomic E-state index is 0.0347. The van der Waals surface area contributed by atoms with E-state index in [1.807, 2.05) is 20.8 Å². The first-order chi connectivity index (χ1) is 9.76. The van der Waals surface area contributed by atoms with Crippen molar-refractivity contribution in [2.75, 3.05) is 0 Å². The van der Waals surface area contributed by atoms with Gasteiger partial charge in [0.1, 0.15) is 5.60 Å². The number of carbonyl (C=O) groups excluding carboxylic acids is 1. The van der Waals surface area contributed by atoms with E-state index in [4.69, 9.17) is 4.74 Å². The summed E-state index contributed by atoms with van der Waals surface area (Å²) in [5.41, 5.74) is 0.224. The smallest absolute Gasteiger partial charge is 0.410 e. The van der Waals surface area contributed by atoms with Crippen LogP contribution in [0.2, 0.25) is 0 Å². The highest BCUT2D eigenvalue weighted by Crippen LogP contribution is 2.30. The maximum absolute atomic E-state index is 12.2. The molecular formula is C15H20N2O4. The standard InChI is InChI=1S/C15H20N2O4/c1-15(2,3)21-14(18)16(12-7-8-12)10-11-5-4-6-13(9-11)17(19)20/h4-6,9,12H,7-8,10H2,1-3H3. The molecule has 2 rings (SSSR count). The van der Waals surface area contributed by atoms with Gasteiger partial charge in [-0.1, -0.05) is 12.1 Å². The zero-order valence-electron chi connectivity index (χ0n) is 12.5. The Morgan fingerprint density at radius 3 is 2.62 bits per heavy atom. The van der Waals surface area contributed by atoms with Gasteiger partial charge in [-0.25, -0.2) is 4.79 Å². The molecule has 6 nitrogen and oxygen atoms in total. The summed E-state index contributed by atoms with van der Waals surface area (Å²) in [4.78, 5) is 24.3. The van der Waals surface area contributed by atoms with Gasteiger partial charge in [-0.15, -0.1) is 0 Å². The number of non-ortho nitro benzene ring substituents is 1. The SMILES string of the molecule is CC(C)(C)OC(=O)N(Cc1cccc([N+](=O)[O-])c1)C1CC1. The number of nitro groups is 1. The van der Waals surface area contributed by atoms with Crippen LogP contribution in [0, 0.1) is 10.1 Å². The summed E-state index contributed by atoms with van der Waals surface area (Å²) in [7, 11) is 0. The van der Waals surface area contributed by atoms with Crippen LogP contribution in [-0.4, -0.2) is 27.6 Å². The Hall–Kier alpha value is -2.11. The van der Waals surface area contributed by atoms with Crippen molar-refractivity contribution in [2.45, 2.75) is 51.8 Å². The predicted molar refractivity (Wildman–Crippen MR) is 77.9 cm³/mol. The molecule has 1 saturated carbocycles. The fourth-order valence-corrected chi connectivity index (χ4v) is 2.01. The average molecular weight is 292 g/mol. The van der Waals surface area contributed by atoms with Gasteiger partial charge >= 0.3 is 6.09 Å². The van der Waals surface area contributed by atoms with Crippen LogP contribution in [0.5, 0.6) is 0 Å². The lowest BCUT2D eigenvalue weighted by Gasteiger charge is -2.27. The van der Waals surface area contributed by atoms with E-state index >= 15 is 0 Å². The largest absolute Gasteiger partial charge is 0.444 e. The molecule has 0 aliphatic heterocycles. The molecule has 0 radical (unpaired) electrons. The number of amides is 1. The van der Waals surface area contributed by atoms with Gasteiger partial charge in [-0.3, -0.25) is 10.1 Å². The van der Waals surface area contributed by atoms with E-state index < -0.39 is 10.5 Å². The molecule has 1 fully saturated rings. The summed E-state index contributed by atoms with van der Waals surface area (Å²) in [5.74, 6) is 0. The maximum atomic E-state index is 12.2. The fraction of sp³-hybridized carbons (Fsp3) is 0.533. The molecular weight excluding hydrogens is 272 g/mol. The summed E-state index contributed by atoms with van der Waals surface area (Å²) in [5, 5.41) is 10.8. The van der Waals surface area contributed by atoms with E-state index in [1.54, 1.807) is 17.0 Å². The number of carbonyl (C=O) groups is 1. The van der Waals surface area contributed by atoms with Crippen LogP contribution in [0.25, 0.3) is 0 Å². The molecule has 0 spiro atoms. The number of hydrogen-bond acceptors (Lipinski definition) is 4. The number of benzene rings is 1. The van der Waals surface area contributed by atoms with Crippen LogP contribution in [0.1, 0.15) is 39.2 Å². The summed E-state index contributed by atoms with van der Waals surface area (Å²) < 4.78 is 5.40. The molecule has 0 heterocycles. The normalized spacial score (nSPS) is 14.6. The van der Waals surface area contributed by atoms with Gasteiger partial charge in [0.05, 0.1) is 4.92 Å². The zero-order valence-corrected chi connectivity index (χ0v) is 12.5. The molecule has 0 saturated heterocycles. The van der Waals surface area contributed by atoms with Gasteiger partial charge < -0.3 is 9.64 Å². The lowest BCUT2D eigenvalue weighted by atomic mass is 10.2. The van der Waals surface area contributed by atoms with E-state index in [9.17, 15) is 14.9 Å². The van der Waals surface area contributed by atoms with Crippen molar-refractivity contribution in [1.82, 2.24) is 4.90 Å². The minimum Gasteiger partial charge on any atom is -0.444 e. The van der Waals surface area contributed by atoms with Gasteiger partial charge in [0.2, 0.25) is 0 Å². The highest BCUT2D eigenvalue weighted by atomic mass is 16.6. The van der Waals surface area contributed by atoms with Crippen LogP contribution < -0.4 is 0 Å². The predicted octanol–water partition coefficient (Wildman–Crippen LogP) is 3.49. The molecule has 0 atom stereocenters. The number of rotatable bonds is 4. The lowest BCUT2D eigenvalue weighted by molar-refractivity contribution is -0.384. The maximum Gasteiger partial charge on any atom is 0.410 e. The van der Waals surface area contributed by atoms with Crippen molar-refractivity contribution in [2.24, 2.45) is 0 Å². The Labute approximate surface area is 123 Å². The quantitative estimate of drug-likeness (QED) is 0.629. The Bertz CT molecular complexity index is 547. The molecule has 0 bridgehead atoms. The highest BCUT2D eigenvalue weighted by Gasteiger charge is 2.35. The molecule has 0 aromatic heterocycles. The summed E-state index contributed by atoms with van der Waals surface area (Å²) in [6.07, 6.45) is 1.54. The Morgan fingerprint density at radius 2 is 2.10 bits per heavy atom. The zero-order chi connectivity index (χ0) is 15.6. The molecule has 1 aliphatic rings. The van der Waals surface area contributed by atoms with Crippen molar-refractivity contribution in [3.8, 4) is 0 Å². The molecule has 114 valence electrons. The third-order valence-electron chi connectivity index (χ3n) is 3.09. The topological polar surface area (TPSA) is 72.7 Å². The van der Waals surface area contributed by atoms with E-state index in [0.29, 0.717) is 6.54 Å². The second kappa shape index (κ2) is 5.71. The van der Waals surface area contributed by atoms with Crippen LogP contribution in [-0.2, 0) is 11.3 Å². The molecule has 0 unspecified atom stereocenters. The number of hydrogen-bond donors (Lipinski definition) is 0. The summed E-state index contributed by atoms with van der Waals surface area (Å²) in [6, 6.07) is 6.54. The first-order valence-electron chi connectivity index (χ1n) is 6.99. The lowest BCUT2D eigenvalue weighted by Crippen LogP contribution is -2.37. The molecule has 0 N–H and O–H groups in total. The first-order valence-corrected chi connectivity index (χ1v) is 6.99. The van der Waals surface area contributed by atoms with E-state index in [-0.39, 0.29) is 17.8 Å². The van der Waals surface area contributed by atoms with Crippen LogP contribution in [0.15, 0.2) is 24.3 Å². The van der Waals surface area contributed by atoms with E-state index in [0.717, 1.165) is 18.4 Å². The van der Waals surface area contributed by atoms with Gasteiger partial charge in [0.25, 0.3) is 5.69 Å². The Kier molecular flexibility index (Phi) is 4.16. The van der Waals surface area contributed by atoms with Crippen molar-refractivity contribution < 1.29 is 14.5 Å². The molecule has 1 amide bonds. The molecule has 1 aromatic rings. The fourth-order valence-electron chi connectivity index (χ4n) is 2.01. The van der Waals surface area contributed by atoms with Crippen LogP contribution in [0.3, 0.4) is 0 Å². The van der Waals surface area contributed by atoms with Crippen LogP contribution >= 0.6 is 0 Å². The van der Waals surface area contributed by atoms with E-state index in [2.05, 4.69) is 0 Å². The first kappa shape index (κ1) is 15.3. The average Bonchev–Trinajstić information content (AvgIpc) is 3.18. The highest BCUT2D eigenvalue weighted by molar-refractivity contribution is 5.69. The van der Waals surface area contributed by atoms with Gasteiger partial charge in [-0.05, 0) is 39.2 Å². The van der Waals surface area contributed by atoms with Crippen molar-refractivity contribution >= 4 is 11.8 Å². The summed E-state index contributed by atoms with van der Waals surface area (Å²) in [6.45, 7) is 5.80. The third kappa shape index (κ3) is 4.44. The second-order valence-corrected chi connectivity index (χ2v) is 6.27. The van der Waals surface area contributed by atoms with Crippen molar-refractivity contribution in [1.29, 1.82) is 0 Å². The Balaban J connectivity index is 2.11. The second-order valence-electron chi connectivity index (χ2n) is 6.27. The Morgan fingerprint density at radius 1 is 1.43 bits per heavy atom. The van der Waals surface area contributed by atoms with Gasteiger partial charge in [0, 0.05) is 24.7 Å². The summed E-state index contributed by atoms with van der Waals surface area (Å²) >= 11 is 0. The molecule has 6 heteroatoms. The number of ether oxygens (including phenoxy) is 1. The van der Waals surface area contributed by atoms with Crippen molar-refractivity contribution in [3.05, 3.63) is 39.9 Å². The molecule has 1 aliphatic carbocycles. The van der Waals surface area contributed by atoms with Crippen molar-refractivity contribution in [3.63, 3.8) is 0 Å². The number of nitrogens with zero attached hydrogens (tertiary/aromatic N) is 2. The van der Waals surface area contributed by atoms with E-state index in [1.165, 1.54) is 12.1 Å². The van der Waals surface area contributed by atoms with Gasteiger partial charge in [-0.2, -0.15) is 0 Å². The molecule has 21 heavy (non-hydrogen) atoms. The molecule has 1 aromatic carbocycles. The van der Waals surface area contributed by atoms with Crippen LogP contribution in [0.4, 0.5) is 10.5 Å². The minimum atomic E-state index is -0.549. The third-order valence-corrected chi connectivity index (χ3v) is 3.09. The monoisotopic (exact) mass is 292 g/mol. The van der Waals surface area contributed by atoms with Gasteiger partial charge in [0.15, 0.2) is 0 Å².